The Morgan fingerprint density at radius 1 is 1.52 bits per heavy atom. The molecule has 0 amide bonds. The van der Waals surface area contributed by atoms with Crippen LogP contribution in [0.1, 0.15) is 36.3 Å². The molecule has 1 aromatic carbocycles. The molecule has 0 saturated carbocycles. The maximum Gasteiger partial charge on any atom is 0.313 e. The Kier molecular flexibility index (Phi) is 8.00. The Balaban J connectivity index is 0.00000261. The molecule has 1 fully saturated rings. The molecule has 3 unspecified atom stereocenters. The number of carboxylic acid groups (broad SMARTS) is 1. The smallest absolute Gasteiger partial charge is 0.313 e. The summed E-state index contributed by atoms with van der Waals surface area (Å²) in [6.07, 6.45) is 3.73. The van der Waals surface area contributed by atoms with E-state index in [1.807, 2.05) is 0 Å². The SMILES string of the molecule is COCCC1CC(Cc2cc(Cl)c(N)c3c2C(C(=O)O)COO3)CCN1.Cl. The minimum atomic E-state index is -0.958. The van der Waals surface area contributed by atoms with E-state index in [0.29, 0.717) is 22.5 Å². The van der Waals surface area contributed by atoms with Crippen molar-refractivity contribution >= 4 is 35.7 Å². The molecule has 2 aliphatic rings. The molecule has 4 N–H and O–H groups in total. The molecule has 0 aromatic heterocycles. The van der Waals surface area contributed by atoms with Crippen LogP contribution in [0, 0.1) is 5.92 Å². The molecule has 1 saturated heterocycles. The zero-order valence-electron chi connectivity index (χ0n) is 15.2. The van der Waals surface area contributed by atoms with Crippen LogP contribution in [0.4, 0.5) is 5.69 Å². The average molecular weight is 421 g/mol. The van der Waals surface area contributed by atoms with E-state index in [4.69, 9.17) is 31.8 Å². The van der Waals surface area contributed by atoms with E-state index in [0.717, 1.165) is 44.4 Å². The Hall–Kier alpha value is -1.25. The average Bonchev–Trinajstić information content (AvgIpc) is 2.64. The molecular formula is C18H26Cl2N2O5. The standard InChI is InChI=1S/C18H25ClN2O5.ClH/c1-24-5-3-12-7-10(2-4-21-12)6-11-8-14(19)16(20)17-15(11)13(18(22)23)9-25-26-17;/h8,10,12-13,21H,2-7,9,20H2,1H3,(H,22,23);1H. The Bertz CT molecular complexity index is 674. The van der Waals surface area contributed by atoms with E-state index in [2.05, 4.69) is 5.32 Å². The van der Waals surface area contributed by atoms with Crippen LogP contribution in [0.25, 0.3) is 0 Å². The van der Waals surface area contributed by atoms with Crippen LogP contribution in [-0.4, -0.2) is 44.0 Å². The lowest BCUT2D eigenvalue weighted by Crippen LogP contribution is -2.39. The maximum absolute atomic E-state index is 11.7. The van der Waals surface area contributed by atoms with Gasteiger partial charge >= 0.3 is 5.97 Å². The maximum atomic E-state index is 11.7. The number of benzene rings is 1. The van der Waals surface area contributed by atoms with Crippen molar-refractivity contribution in [2.24, 2.45) is 5.92 Å². The minimum Gasteiger partial charge on any atom is -0.481 e. The molecule has 1 aromatic rings. The van der Waals surface area contributed by atoms with Crippen molar-refractivity contribution in [3.05, 3.63) is 22.2 Å². The summed E-state index contributed by atoms with van der Waals surface area (Å²) in [6.45, 7) is 1.62. The predicted octanol–water partition coefficient (Wildman–Crippen LogP) is 2.78. The second-order valence-corrected chi connectivity index (χ2v) is 7.37. The van der Waals surface area contributed by atoms with Crippen LogP contribution in [0.5, 0.6) is 5.75 Å². The highest BCUT2D eigenvalue weighted by molar-refractivity contribution is 6.33. The van der Waals surface area contributed by atoms with E-state index in [9.17, 15) is 9.90 Å². The van der Waals surface area contributed by atoms with Gasteiger partial charge in [-0.25, -0.2) is 0 Å². The van der Waals surface area contributed by atoms with Gasteiger partial charge in [0.25, 0.3) is 0 Å². The molecule has 9 heteroatoms. The minimum absolute atomic E-state index is 0. The highest BCUT2D eigenvalue weighted by atomic mass is 35.5. The Morgan fingerprint density at radius 2 is 2.30 bits per heavy atom. The molecule has 2 heterocycles. The number of anilines is 1. The summed E-state index contributed by atoms with van der Waals surface area (Å²) >= 11 is 6.26. The zero-order valence-corrected chi connectivity index (χ0v) is 16.8. The van der Waals surface area contributed by atoms with Crippen molar-refractivity contribution in [2.45, 2.75) is 37.6 Å². The highest BCUT2D eigenvalue weighted by Gasteiger charge is 2.35. The number of carboxylic acids is 1. The monoisotopic (exact) mass is 420 g/mol. The molecule has 27 heavy (non-hydrogen) atoms. The fraction of sp³-hybridized carbons (Fsp3) is 0.611. The lowest BCUT2D eigenvalue weighted by molar-refractivity contribution is -0.222. The van der Waals surface area contributed by atoms with Gasteiger partial charge in [0.05, 0.1) is 10.7 Å². The number of hydrogen-bond donors (Lipinski definition) is 3. The molecule has 152 valence electrons. The molecule has 0 radical (unpaired) electrons. The largest absolute Gasteiger partial charge is 0.481 e. The number of nitrogen functional groups attached to an aromatic ring is 1. The first-order chi connectivity index (χ1) is 12.5. The lowest BCUT2D eigenvalue weighted by Gasteiger charge is -2.32. The van der Waals surface area contributed by atoms with Crippen LogP contribution in [0.2, 0.25) is 5.02 Å². The first kappa shape index (κ1) is 22.0. The molecule has 0 aliphatic carbocycles. The van der Waals surface area contributed by atoms with Gasteiger partial charge in [0.1, 0.15) is 12.5 Å². The number of halogens is 2. The second kappa shape index (κ2) is 9.80. The van der Waals surface area contributed by atoms with Crippen LogP contribution in [-0.2, 0) is 20.8 Å². The molecule has 3 rings (SSSR count). The van der Waals surface area contributed by atoms with Crippen LogP contribution in [0.15, 0.2) is 6.07 Å². The summed E-state index contributed by atoms with van der Waals surface area (Å²) < 4.78 is 5.17. The third-order valence-electron chi connectivity index (χ3n) is 5.20. The lowest BCUT2D eigenvalue weighted by atomic mass is 9.82. The van der Waals surface area contributed by atoms with Gasteiger partial charge in [-0.2, -0.15) is 4.89 Å². The van der Waals surface area contributed by atoms with Gasteiger partial charge in [0.15, 0.2) is 5.75 Å². The third-order valence-corrected chi connectivity index (χ3v) is 5.51. The van der Waals surface area contributed by atoms with E-state index >= 15 is 0 Å². The van der Waals surface area contributed by atoms with Crippen molar-refractivity contribution in [1.82, 2.24) is 5.32 Å². The van der Waals surface area contributed by atoms with E-state index < -0.39 is 11.9 Å². The predicted molar refractivity (Wildman–Crippen MR) is 105 cm³/mol. The van der Waals surface area contributed by atoms with Gasteiger partial charge in [-0.05, 0) is 49.8 Å². The van der Waals surface area contributed by atoms with Gasteiger partial charge < -0.3 is 25.8 Å². The highest BCUT2D eigenvalue weighted by Crippen LogP contribution is 2.44. The normalized spacial score (nSPS) is 24.4. The first-order valence-corrected chi connectivity index (χ1v) is 9.24. The number of fused-ring (bicyclic) bond motifs is 1. The molecule has 7 nitrogen and oxygen atoms in total. The van der Waals surface area contributed by atoms with E-state index in [1.54, 1.807) is 13.2 Å². The molecular weight excluding hydrogens is 395 g/mol. The number of aliphatic carboxylic acids is 1. The van der Waals surface area contributed by atoms with E-state index in [-0.39, 0.29) is 30.5 Å². The van der Waals surface area contributed by atoms with Crippen LogP contribution >= 0.6 is 24.0 Å². The molecule has 0 spiro atoms. The number of nitrogens with one attached hydrogen (secondary N) is 1. The summed E-state index contributed by atoms with van der Waals surface area (Å²) in [5.74, 6) is -1.09. The topological polar surface area (TPSA) is 103 Å². The van der Waals surface area contributed by atoms with Crippen molar-refractivity contribution in [1.29, 1.82) is 0 Å². The number of piperidine rings is 1. The third kappa shape index (κ3) is 4.97. The summed E-state index contributed by atoms with van der Waals surface area (Å²) in [4.78, 5) is 21.9. The second-order valence-electron chi connectivity index (χ2n) is 6.96. The fourth-order valence-corrected chi connectivity index (χ4v) is 4.08. The van der Waals surface area contributed by atoms with Gasteiger partial charge in [-0.1, -0.05) is 11.6 Å². The van der Waals surface area contributed by atoms with E-state index in [1.165, 1.54) is 0 Å². The fourth-order valence-electron chi connectivity index (χ4n) is 3.86. The molecule has 0 bridgehead atoms. The summed E-state index contributed by atoms with van der Waals surface area (Å²) in [6, 6.07) is 2.19. The van der Waals surface area contributed by atoms with Crippen molar-refractivity contribution in [3.63, 3.8) is 0 Å². The first-order valence-electron chi connectivity index (χ1n) is 8.86. The number of carbonyl (C=O) groups is 1. The van der Waals surface area contributed by atoms with Crippen LogP contribution < -0.4 is 15.9 Å². The Morgan fingerprint density at radius 3 is 3.00 bits per heavy atom. The van der Waals surface area contributed by atoms with Gasteiger partial charge in [-0.3, -0.25) is 4.79 Å². The van der Waals surface area contributed by atoms with Crippen LogP contribution in [0.3, 0.4) is 0 Å². The number of rotatable bonds is 6. The molecule has 2 aliphatic heterocycles. The quantitative estimate of drug-likeness (QED) is 0.480. The van der Waals surface area contributed by atoms with Crippen molar-refractivity contribution in [3.8, 4) is 5.75 Å². The number of hydrogen-bond acceptors (Lipinski definition) is 6. The van der Waals surface area contributed by atoms with Crippen molar-refractivity contribution < 1.29 is 24.4 Å². The van der Waals surface area contributed by atoms with Gasteiger partial charge in [0, 0.05) is 25.3 Å². The van der Waals surface area contributed by atoms with Crippen molar-refractivity contribution in [2.75, 3.05) is 32.6 Å². The summed E-state index contributed by atoms with van der Waals surface area (Å²) in [7, 11) is 1.71. The molecule has 3 atom stereocenters. The number of nitrogens with two attached hydrogens (primary N) is 1. The Labute approximate surface area is 169 Å². The zero-order chi connectivity index (χ0) is 18.7. The van der Waals surface area contributed by atoms with Gasteiger partial charge in [0.2, 0.25) is 0 Å². The van der Waals surface area contributed by atoms with Gasteiger partial charge in [-0.15, -0.1) is 12.4 Å². The number of methoxy groups -OCH3 is 1. The summed E-state index contributed by atoms with van der Waals surface area (Å²) in [5, 5.41) is 13.5. The summed E-state index contributed by atoms with van der Waals surface area (Å²) in [5.41, 5.74) is 7.69. The number of ether oxygens (including phenoxy) is 1.